The maximum atomic E-state index is 14.3. The Hall–Kier alpha value is -4.57. The zero-order chi connectivity index (χ0) is 32.4. The number of aryl methyl sites for hydroxylation is 1. The van der Waals surface area contributed by atoms with Crippen LogP contribution in [0.2, 0.25) is 0 Å². The van der Waals surface area contributed by atoms with Crippen LogP contribution in [-0.4, -0.2) is 57.9 Å². The van der Waals surface area contributed by atoms with Crippen molar-refractivity contribution in [3.63, 3.8) is 0 Å². The zero-order valence-corrected chi connectivity index (χ0v) is 24.5. The molecule has 2 aliphatic heterocycles. The van der Waals surface area contributed by atoms with Crippen LogP contribution in [0, 0.1) is 16.0 Å². The topological polar surface area (TPSA) is 144 Å². The monoisotopic (exact) mass is 652 g/mol. The summed E-state index contributed by atoms with van der Waals surface area (Å²) in [6.07, 6.45) is 1.52. The molecule has 2 aromatic rings. The number of anilines is 1. The van der Waals surface area contributed by atoms with Gasteiger partial charge < -0.3 is 23.8 Å². The summed E-state index contributed by atoms with van der Waals surface area (Å²) in [7, 11) is -4.72. The Morgan fingerprint density at radius 1 is 1.04 bits per heavy atom. The summed E-state index contributed by atoms with van der Waals surface area (Å²) in [4.78, 5) is 28.4. The Labute approximate surface area is 255 Å². The van der Waals surface area contributed by atoms with Crippen molar-refractivity contribution in [2.24, 2.45) is 5.92 Å². The zero-order valence-electron chi connectivity index (χ0n) is 23.7. The number of sulfonamides is 1. The van der Waals surface area contributed by atoms with Crippen molar-refractivity contribution < 1.29 is 55.3 Å². The Morgan fingerprint density at radius 2 is 1.76 bits per heavy atom. The molecule has 1 aliphatic carbocycles. The number of esters is 1. The van der Waals surface area contributed by atoms with Gasteiger partial charge in [-0.2, -0.15) is 13.2 Å². The number of allylic oxidation sites excluding steroid dienone is 4. The number of hydrogen-bond donors (Lipinski definition) is 0. The minimum Gasteiger partial charge on any atom is -0.459 e. The summed E-state index contributed by atoms with van der Waals surface area (Å²) < 4.78 is 93.8. The molecule has 2 unspecified atom stereocenters. The lowest BCUT2D eigenvalue weighted by atomic mass is 9.84. The van der Waals surface area contributed by atoms with Crippen molar-refractivity contribution >= 4 is 27.3 Å². The Morgan fingerprint density at radius 3 is 2.49 bits per heavy atom. The highest BCUT2D eigenvalue weighted by atomic mass is 32.2. The SMILES string of the molecule is CCc1ccc(C2=C(C(=O)OCCOCCO[N+](=O)[O-])N(c3ccccc3C(F)(F)F)S(=O)(=O)C3C=CC=CC23)c2c1OCO2. The van der Waals surface area contributed by atoms with Gasteiger partial charge >= 0.3 is 12.1 Å². The van der Waals surface area contributed by atoms with Crippen molar-refractivity contribution in [1.82, 2.24) is 0 Å². The first kappa shape index (κ1) is 31.8. The number of carbonyl (C=O) groups is 1. The van der Waals surface area contributed by atoms with E-state index < -0.39 is 62.0 Å². The smallest absolute Gasteiger partial charge is 0.418 e. The molecule has 2 aromatic carbocycles. The third kappa shape index (κ3) is 6.20. The second-order valence-corrected chi connectivity index (χ2v) is 11.8. The maximum Gasteiger partial charge on any atom is 0.418 e. The molecule has 0 aromatic heterocycles. The number of carbonyl (C=O) groups excluding carboxylic acids is 1. The van der Waals surface area contributed by atoms with Gasteiger partial charge in [0.1, 0.15) is 24.2 Å². The predicted molar refractivity (Wildman–Crippen MR) is 152 cm³/mol. The molecule has 12 nitrogen and oxygen atoms in total. The molecule has 5 rings (SSSR count). The number of para-hydroxylation sites is 1. The Bertz CT molecular complexity index is 1690. The first-order chi connectivity index (χ1) is 21.5. The average Bonchev–Trinajstić information content (AvgIpc) is 3.50. The fourth-order valence-corrected chi connectivity index (χ4v) is 7.36. The highest BCUT2D eigenvalue weighted by Gasteiger charge is 2.51. The average molecular weight is 653 g/mol. The number of halogens is 3. The molecular formula is C29H27F3N2O10S. The van der Waals surface area contributed by atoms with Crippen LogP contribution in [0.1, 0.15) is 23.6 Å². The van der Waals surface area contributed by atoms with Gasteiger partial charge in [-0.25, -0.2) is 17.5 Å². The highest BCUT2D eigenvalue weighted by Crippen LogP contribution is 2.52. The lowest BCUT2D eigenvalue weighted by molar-refractivity contribution is -0.758. The normalized spacial score (nSPS) is 19.8. The van der Waals surface area contributed by atoms with Crippen molar-refractivity contribution in [3.8, 4) is 11.5 Å². The summed E-state index contributed by atoms with van der Waals surface area (Å²) in [5.41, 5.74) is -1.66. The highest BCUT2D eigenvalue weighted by molar-refractivity contribution is 7.94. The molecular weight excluding hydrogens is 625 g/mol. The van der Waals surface area contributed by atoms with Crippen LogP contribution in [0.5, 0.6) is 11.5 Å². The van der Waals surface area contributed by atoms with Gasteiger partial charge in [0.25, 0.3) is 5.09 Å². The van der Waals surface area contributed by atoms with Crippen molar-refractivity contribution in [3.05, 3.63) is 93.2 Å². The van der Waals surface area contributed by atoms with Crippen LogP contribution in [0.25, 0.3) is 5.57 Å². The number of benzene rings is 2. The number of rotatable bonds is 11. The van der Waals surface area contributed by atoms with Crippen LogP contribution in [0.3, 0.4) is 0 Å². The van der Waals surface area contributed by atoms with Gasteiger partial charge in [0.15, 0.2) is 11.5 Å². The molecule has 0 spiro atoms. The van der Waals surface area contributed by atoms with Gasteiger partial charge in [-0.1, -0.05) is 55.5 Å². The van der Waals surface area contributed by atoms with Crippen LogP contribution in [0.4, 0.5) is 18.9 Å². The largest absolute Gasteiger partial charge is 0.459 e. The van der Waals surface area contributed by atoms with Crippen molar-refractivity contribution in [2.75, 3.05) is 37.5 Å². The molecule has 45 heavy (non-hydrogen) atoms. The first-order valence-corrected chi connectivity index (χ1v) is 15.2. The summed E-state index contributed by atoms with van der Waals surface area (Å²) in [5, 5.41) is 7.91. The number of hydrogen-bond acceptors (Lipinski definition) is 10. The van der Waals surface area contributed by atoms with E-state index in [0.29, 0.717) is 16.5 Å². The molecule has 3 aliphatic rings. The molecule has 0 N–H and O–H groups in total. The first-order valence-electron chi connectivity index (χ1n) is 13.7. The van der Waals surface area contributed by atoms with E-state index in [9.17, 15) is 36.5 Å². The lowest BCUT2D eigenvalue weighted by Crippen LogP contribution is -2.49. The number of nitrogens with zero attached hydrogens (tertiary/aromatic N) is 2. The third-order valence-electron chi connectivity index (χ3n) is 7.25. The second kappa shape index (κ2) is 12.8. The van der Waals surface area contributed by atoms with Gasteiger partial charge in [-0.05, 0) is 24.1 Å². The summed E-state index contributed by atoms with van der Waals surface area (Å²) in [6.45, 7) is 0.387. The van der Waals surface area contributed by atoms with Gasteiger partial charge in [0.2, 0.25) is 16.8 Å². The Balaban J connectivity index is 1.69. The van der Waals surface area contributed by atoms with Gasteiger partial charge in [0, 0.05) is 17.1 Å². The van der Waals surface area contributed by atoms with Crippen molar-refractivity contribution in [1.29, 1.82) is 0 Å². The lowest BCUT2D eigenvalue weighted by Gasteiger charge is -2.41. The van der Waals surface area contributed by atoms with Crippen LogP contribution < -0.4 is 13.8 Å². The summed E-state index contributed by atoms with van der Waals surface area (Å²) in [6, 6.07) is 7.37. The minimum atomic E-state index is -4.99. The van der Waals surface area contributed by atoms with Gasteiger partial charge in [0.05, 0.1) is 24.5 Å². The van der Waals surface area contributed by atoms with Crippen LogP contribution in [-0.2, 0) is 41.7 Å². The summed E-state index contributed by atoms with van der Waals surface area (Å²) >= 11 is 0. The molecule has 0 bridgehead atoms. The molecule has 0 radical (unpaired) electrons. The molecule has 0 saturated carbocycles. The number of alkyl halides is 3. The standard InChI is InChI=1S/C29H27F3N2O10S/c1-2-18-11-12-20(27-26(18)42-17-43-27)24-19-7-3-6-10-23(19)45(38,39)33(22-9-5-4-8-21(22)29(30,31)32)25(24)28(35)41-15-13-40-14-16-44-34(36)37/h3-12,19,23H,2,13-17H2,1H3. The quantitative estimate of drug-likeness (QED) is 0.148. The van der Waals surface area contributed by atoms with Crippen molar-refractivity contribution in [2.45, 2.75) is 24.8 Å². The van der Waals surface area contributed by atoms with E-state index >= 15 is 0 Å². The Kier molecular flexibility index (Phi) is 9.06. The van der Waals surface area contributed by atoms with E-state index in [2.05, 4.69) is 4.84 Å². The fraction of sp³-hybridized carbons (Fsp3) is 0.345. The molecule has 2 heterocycles. The fourth-order valence-electron chi connectivity index (χ4n) is 5.37. The number of fused-ring (bicyclic) bond motifs is 2. The maximum absolute atomic E-state index is 14.3. The molecule has 240 valence electrons. The van der Waals surface area contributed by atoms with E-state index in [-0.39, 0.29) is 43.5 Å². The molecule has 0 saturated heterocycles. The molecule has 2 atom stereocenters. The van der Waals surface area contributed by atoms with Crippen LogP contribution >= 0.6 is 0 Å². The number of ether oxygens (including phenoxy) is 4. The van der Waals surface area contributed by atoms with E-state index in [1.807, 2.05) is 6.92 Å². The third-order valence-corrected chi connectivity index (χ3v) is 9.28. The predicted octanol–water partition coefficient (Wildman–Crippen LogP) is 4.44. The summed E-state index contributed by atoms with van der Waals surface area (Å²) in [5.74, 6) is -1.67. The van der Waals surface area contributed by atoms with E-state index in [4.69, 9.17) is 18.9 Å². The van der Waals surface area contributed by atoms with Gasteiger partial charge in [-0.3, -0.25) is 0 Å². The second-order valence-electron chi connectivity index (χ2n) is 9.84. The van der Waals surface area contributed by atoms with E-state index in [1.54, 1.807) is 24.3 Å². The van der Waals surface area contributed by atoms with E-state index in [0.717, 1.165) is 23.8 Å². The van der Waals surface area contributed by atoms with Crippen LogP contribution in [0.15, 0.2) is 66.4 Å². The molecule has 0 amide bonds. The minimum absolute atomic E-state index is 0.0575. The molecule has 16 heteroatoms. The van der Waals surface area contributed by atoms with Gasteiger partial charge in [-0.15, -0.1) is 10.1 Å². The molecule has 0 fully saturated rings. The van der Waals surface area contributed by atoms with E-state index in [1.165, 1.54) is 18.2 Å².